The maximum atomic E-state index is 11.3. The lowest BCUT2D eigenvalue weighted by atomic mass is 10.1. The van der Waals surface area contributed by atoms with E-state index in [2.05, 4.69) is 11.2 Å². The summed E-state index contributed by atoms with van der Waals surface area (Å²) >= 11 is 1.81. The molecule has 1 unspecified atom stereocenters. The maximum absolute atomic E-state index is 11.3. The highest BCUT2D eigenvalue weighted by molar-refractivity contribution is 7.98. The van der Waals surface area contributed by atoms with Crippen molar-refractivity contribution in [1.82, 2.24) is 4.90 Å². The highest BCUT2D eigenvalue weighted by Gasteiger charge is 2.16. The van der Waals surface area contributed by atoms with Gasteiger partial charge in [-0.25, -0.2) is 0 Å². The first kappa shape index (κ1) is 13.8. The van der Waals surface area contributed by atoms with Crippen LogP contribution < -0.4 is 0 Å². The van der Waals surface area contributed by atoms with E-state index in [9.17, 15) is 4.79 Å². The number of ether oxygens (including phenoxy) is 1. The molecule has 84 valence electrons. The number of hydrogen-bond acceptors (Lipinski definition) is 4. The van der Waals surface area contributed by atoms with Crippen molar-refractivity contribution in [3.63, 3.8) is 0 Å². The van der Waals surface area contributed by atoms with Crippen LogP contribution in [0.25, 0.3) is 0 Å². The predicted octanol–water partition coefficient (Wildman–Crippen LogP) is 1.62. The van der Waals surface area contributed by atoms with E-state index < -0.39 is 0 Å². The SMILES string of the molecule is CCOC(=O)CC(CCSC)N(C)C. The van der Waals surface area contributed by atoms with Crippen molar-refractivity contribution < 1.29 is 9.53 Å². The summed E-state index contributed by atoms with van der Waals surface area (Å²) in [5.41, 5.74) is 0. The highest BCUT2D eigenvalue weighted by Crippen LogP contribution is 2.09. The lowest BCUT2D eigenvalue weighted by Gasteiger charge is -2.22. The number of esters is 1. The Balaban J connectivity index is 3.89. The molecule has 0 aromatic heterocycles. The molecule has 0 aliphatic heterocycles. The van der Waals surface area contributed by atoms with Crippen LogP contribution in [0.3, 0.4) is 0 Å². The van der Waals surface area contributed by atoms with Gasteiger partial charge in [0.2, 0.25) is 0 Å². The van der Waals surface area contributed by atoms with Crippen LogP contribution in [0.5, 0.6) is 0 Å². The average molecular weight is 219 g/mol. The van der Waals surface area contributed by atoms with E-state index in [0.717, 1.165) is 12.2 Å². The van der Waals surface area contributed by atoms with Gasteiger partial charge >= 0.3 is 5.97 Å². The third-order valence-corrected chi connectivity index (χ3v) is 2.74. The van der Waals surface area contributed by atoms with E-state index in [-0.39, 0.29) is 5.97 Å². The molecule has 0 aliphatic rings. The third-order valence-electron chi connectivity index (χ3n) is 2.09. The van der Waals surface area contributed by atoms with Crippen molar-refractivity contribution >= 4 is 17.7 Å². The van der Waals surface area contributed by atoms with E-state index >= 15 is 0 Å². The van der Waals surface area contributed by atoms with Crippen molar-refractivity contribution in [1.29, 1.82) is 0 Å². The highest BCUT2D eigenvalue weighted by atomic mass is 32.2. The first-order valence-corrected chi connectivity index (χ1v) is 6.32. The topological polar surface area (TPSA) is 29.5 Å². The molecule has 0 bridgehead atoms. The molecular weight excluding hydrogens is 198 g/mol. The van der Waals surface area contributed by atoms with Gasteiger partial charge < -0.3 is 9.64 Å². The Labute approximate surface area is 91.2 Å². The van der Waals surface area contributed by atoms with Gasteiger partial charge in [-0.3, -0.25) is 4.79 Å². The fourth-order valence-corrected chi connectivity index (χ4v) is 1.72. The van der Waals surface area contributed by atoms with Gasteiger partial charge in [0, 0.05) is 6.04 Å². The van der Waals surface area contributed by atoms with Crippen molar-refractivity contribution in [3.8, 4) is 0 Å². The van der Waals surface area contributed by atoms with Gasteiger partial charge in [0.05, 0.1) is 13.0 Å². The number of carbonyl (C=O) groups excluding carboxylic acids is 1. The summed E-state index contributed by atoms with van der Waals surface area (Å²) in [5, 5.41) is 0. The maximum Gasteiger partial charge on any atom is 0.307 e. The quantitative estimate of drug-likeness (QED) is 0.609. The minimum Gasteiger partial charge on any atom is -0.466 e. The number of carbonyl (C=O) groups is 1. The predicted molar refractivity (Wildman–Crippen MR) is 61.7 cm³/mol. The Morgan fingerprint density at radius 3 is 2.57 bits per heavy atom. The second-order valence-corrected chi connectivity index (χ2v) is 4.39. The summed E-state index contributed by atoms with van der Waals surface area (Å²) in [6.07, 6.45) is 3.62. The molecule has 0 rings (SSSR count). The fourth-order valence-electron chi connectivity index (χ4n) is 1.21. The van der Waals surface area contributed by atoms with E-state index in [4.69, 9.17) is 4.74 Å². The monoisotopic (exact) mass is 219 g/mol. The molecule has 14 heavy (non-hydrogen) atoms. The van der Waals surface area contributed by atoms with Gasteiger partial charge in [-0.2, -0.15) is 11.8 Å². The van der Waals surface area contributed by atoms with Gasteiger partial charge in [0.15, 0.2) is 0 Å². The van der Waals surface area contributed by atoms with Crippen molar-refractivity contribution in [2.24, 2.45) is 0 Å². The molecule has 0 N–H and O–H groups in total. The minimum absolute atomic E-state index is 0.0905. The van der Waals surface area contributed by atoms with E-state index in [1.807, 2.05) is 32.8 Å². The minimum atomic E-state index is -0.0905. The zero-order chi connectivity index (χ0) is 11.0. The van der Waals surface area contributed by atoms with E-state index in [0.29, 0.717) is 19.1 Å². The van der Waals surface area contributed by atoms with Crippen LogP contribution >= 0.6 is 11.8 Å². The lowest BCUT2D eigenvalue weighted by molar-refractivity contribution is -0.144. The Hall–Kier alpha value is -0.220. The Morgan fingerprint density at radius 2 is 2.14 bits per heavy atom. The second kappa shape index (κ2) is 8.12. The van der Waals surface area contributed by atoms with Crippen LogP contribution in [0.4, 0.5) is 0 Å². The van der Waals surface area contributed by atoms with Crippen LogP contribution in [-0.2, 0) is 9.53 Å². The molecule has 0 saturated heterocycles. The Kier molecular flexibility index (Phi) is 7.99. The zero-order valence-electron chi connectivity index (χ0n) is 9.58. The number of thioether (sulfide) groups is 1. The van der Waals surface area contributed by atoms with Crippen LogP contribution in [-0.4, -0.2) is 49.6 Å². The fraction of sp³-hybridized carbons (Fsp3) is 0.900. The average Bonchev–Trinajstić information content (AvgIpc) is 2.12. The Morgan fingerprint density at radius 1 is 1.50 bits per heavy atom. The summed E-state index contributed by atoms with van der Waals surface area (Å²) in [6, 6.07) is 0.307. The van der Waals surface area contributed by atoms with Gasteiger partial charge in [0.25, 0.3) is 0 Å². The third kappa shape index (κ3) is 6.27. The van der Waals surface area contributed by atoms with Crippen LogP contribution in [0.1, 0.15) is 19.8 Å². The molecule has 0 aromatic rings. The van der Waals surface area contributed by atoms with Crippen molar-refractivity contribution in [3.05, 3.63) is 0 Å². The number of hydrogen-bond donors (Lipinski definition) is 0. The molecule has 0 aromatic carbocycles. The molecule has 1 atom stereocenters. The van der Waals surface area contributed by atoms with Gasteiger partial charge in [-0.15, -0.1) is 0 Å². The standard InChI is InChI=1S/C10H21NO2S/c1-5-13-10(12)8-9(11(2)3)6-7-14-4/h9H,5-8H2,1-4H3. The second-order valence-electron chi connectivity index (χ2n) is 3.41. The smallest absolute Gasteiger partial charge is 0.307 e. The van der Waals surface area contributed by atoms with Crippen LogP contribution in [0.15, 0.2) is 0 Å². The van der Waals surface area contributed by atoms with Gasteiger partial charge in [-0.1, -0.05) is 0 Å². The van der Waals surface area contributed by atoms with Crippen molar-refractivity contribution in [2.45, 2.75) is 25.8 Å². The van der Waals surface area contributed by atoms with Crippen molar-refractivity contribution in [2.75, 3.05) is 32.7 Å². The van der Waals surface area contributed by atoms with Crippen LogP contribution in [0, 0.1) is 0 Å². The van der Waals surface area contributed by atoms with Gasteiger partial charge in [0.1, 0.15) is 0 Å². The Bertz CT molecular complexity index is 162. The van der Waals surface area contributed by atoms with Crippen LogP contribution in [0.2, 0.25) is 0 Å². The summed E-state index contributed by atoms with van der Waals surface area (Å²) in [6.45, 7) is 2.31. The first-order valence-electron chi connectivity index (χ1n) is 4.92. The molecule has 0 amide bonds. The zero-order valence-corrected chi connectivity index (χ0v) is 10.4. The molecule has 3 nitrogen and oxygen atoms in total. The molecule has 0 heterocycles. The largest absolute Gasteiger partial charge is 0.466 e. The molecule has 0 spiro atoms. The summed E-state index contributed by atoms with van der Waals surface area (Å²) in [4.78, 5) is 13.4. The molecular formula is C10H21NO2S. The lowest BCUT2D eigenvalue weighted by Crippen LogP contribution is -2.31. The molecule has 0 saturated carbocycles. The number of nitrogens with zero attached hydrogens (tertiary/aromatic N) is 1. The summed E-state index contributed by atoms with van der Waals surface area (Å²) in [5.74, 6) is 0.995. The van der Waals surface area contributed by atoms with E-state index in [1.54, 1.807) is 0 Å². The summed E-state index contributed by atoms with van der Waals surface area (Å²) < 4.78 is 4.93. The molecule has 0 aliphatic carbocycles. The van der Waals surface area contributed by atoms with Gasteiger partial charge in [-0.05, 0) is 39.4 Å². The normalized spacial score (nSPS) is 12.9. The molecule has 0 fully saturated rings. The summed E-state index contributed by atoms with van der Waals surface area (Å²) in [7, 11) is 4.01. The molecule has 4 heteroatoms. The first-order chi connectivity index (χ1) is 6.61. The molecule has 0 radical (unpaired) electrons. The number of rotatable bonds is 7. The van der Waals surface area contributed by atoms with E-state index in [1.165, 1.54) is 0 Å².